The van der Waals surface area contributed by atoms with Crippen molar-refractivity contribution < 1.29 is 45.5 Å². The highest BCUT2D eigenvalue weighted by Crippen LogP contribution is 2.11. The first-order valence-electron chi connectivity index (χ1n) is 6.55. The van der Waals surface area contributed by atoms with Gasteiger partial charge in [-0.15, -0.1) is 0 Å². The third kappa shape index (κ3) is 10.2. The van der Waals surface area contributed by atoms with Crippen LogP contribution in [-0.4, -0.2) is 60.9 Å². The molecule has 0 aliphatic heterocycles. The van der Waals surface area contributed by atoms with Gasteiger partial charge in [0.15, 0.2) is 12.7 Å². The molecule has 0 aliphatic carbocycles. The number of aliphatic carboxylic acids is 1. The molecular weight excluding hydrogens is 371 g/mol. The van der Waals surface area contributed by atoms with E-state index in [9.17, 15) is 26.4 Å². The number of carbonyl (C=O) groups excluding carboxylic acids is 2. The Hall–Kier alpha value is -2.28. The normalized spacial score (nSPS) is 11.3. The largest absolute Gasteiger partial charge is 0.542 e. The van der Waals surface area contributed by atoms with Gasteiger partial charge in [0, 0.05) is 26.6 Å². The van der Waals surface area contributed by atoms with E-state index in [2.05, 4.69) is 5.10 Å². The maximum atomic E-state index is 11.6. The van der Waals surface area contributed by atoms with Crippen molar-refractivity contribution in [1.29, 1.82) is 0 Å². The zero-order valence-corrected chi connectivity index (χ0v) is 14.0. The molecule has 0 bridgehead atoms. The number of alkyl halides is 3. The number of rotatable bonds is 5. The Morgan fingerprint density at radius 3 is 2.20 bits per heavy atom. The zero-order valence-electron chi connectivity index (χ0n) is 13.2. The Balaban J connectivity index is 0.000000697. The van der Waals surface area contributed by atoms with Crippen LogP contribution in [0.5, 0.6) is 0 Å². The molecule has 13 heteroatoms. The summed E-state index contributed by atoms with van der Waals surface area (Å²) in [5.74, 6) is -3.46. The number of hydrogen-bond acceptors (Lipinski definition) is 6. The molecule has 1 aromatic rings. The Kier molecular flexibility index (Phi) is 8.42. The summed E-state index contributed by atoms with van der Waals surface area (Å²) in [6.45, 7) is 0.357. The Morgan fingerprint density at radius 1 is 1.36 bits per heavy atom. The first kappa shape index (κ1) is 22.7. The lowest BCUT2D eigenvalue weighted by Gasteiger charge is -2.08. The molecular formula is C12H16F3N3O6S. The summed E-state index contributed by atoms with van der Waals surface area (Å²) in [6, 6.07) is 1.61. The van der Waals surface area contributed by atoms with Crippen LogP contribution in [0.15, 0.2) is 18.5 Å². The molecule has 0 saturated carbocycles. The second kappa shape index (κ2) is 9.27. The molecule has 1 heterocycles. The summed E-state index contributed by atoms with van der Waals surface area (Å²) in [5.41, 5.74) is 0.464. The van der Waals surface area contributed by atoms with Crippen LogP contribution in [0.1, 0.15) is 16.8 Å². The number of hydrogen-bond donors (Lipinski definition) is 1. The van der Waals surface area contributed by atoms with E-state index in [0.29, 0.717) is 12.1 Å². The molecule has 0 radical (unpaired) electrons. The number of carboxylic acids is 1. The van der Waals surface area contributed by atoms with Gasteiger partial charge in [0.1, 0.15) is 12.2 Å². The number of carbonyl (C=O) groups is 2. The van der Waals surface area contributed by atoms with Crippen molar-refractivity contribution in [1.82, 2.24) is 10.00 Å². The molecule has 0 atom stereocenters. The highest BCUT2D eigenvalue weighted by atomic mass is 32.2. The summed E-state index contributed by atoms with van der Waals surface area (Å²) in [5, 5.41) is 12.8. The fourth-order valence-electron chi connectivity index (χ4n) is 1.31. The molecule has 142 valence electrons. The standard InChI is InChI=1S/C10H15N3O4S.C2HF3O2/c1-12(2)10(14)9-4-6-13(11-8-9)5-3-7-18(15,16)17;3-2(4,5)1(6)7/h4,6,8H,3,5,7H2,1-2H3;(H,6,7). The van der Waals surface area contributed by atoms with Gasteiger partial charge in [0.25, 0.3) is 16.0 Å². The summed E-state index contributed by atoms with van der Waals surface area (Å²) >= 11 is 0. The van der Waals surface area contributed by atoms with E-state index in [-0.39, 0.29) is 18.1 Å². The van der Waals surface area contributed by atoms with Crippen LogP contribution < -0.4 is 9.79 Å². The van der Waals surface area contributed by atoms with Gasteiger partial charge in [0.2, 0.25) is 0 Å². The number of nitrogens with zero attached hydrogens (tertiary/aromatic N) is 3. The van der Waals surface area contributed by atoms with E-state index in [1.807, 2.05) is 0 Å². The number of aromatic nitrogens is 2. The molecule has 0 unspecified atom stereocenters. The highest BCUT2D eigenvalue weighted by Gasteiger charge is 2.28. The molecule has 0 saturated heterocycles. The minimum Gasteiger partial charge on any atom is -0.542 e. The second-order valence-electron chi connectivity index (χ2n) is 4.80. The number of amides is 1. The predicted octanol–water partition coefficient (Wildman–Crippen LogP) is -1.35. The first-order chi connectivity index (χ1) is 11.2. The fourth-order valence-corrected chi connectivity index (χ4v) is 1.80. The van der Waals surface area contributed by atoms with Gasteiger partial charge >= 0.3 is 6.18 Å². The summed E-state index contributed by atoms with van der Waals surface area (Å²) in [7, 11) is -0.632. The Morgan fingerprint density at radius 2 is 1.88 bits per heavy atom. The predicted molar refractivity (Wildman–Crippen MR) is 74.5 cm³/mol. The van der Waals surface area contributed by atoms with E-state index in [1.165, 1.54) is 15.8 Å². The number of halogens is 3. The van der Waals surface area contributed by atoms with Crippen molar-refractivity contribution in [3.05, 3.63) is 24.0 Å². The minimum absolute atomic E-state index is 0.146. The van der Waals surface area contributed by atoms with Crippen molar-refractivity contribution in [3.63, 3.8) is 0 Å². The summed E-state index contributed by atoms with van der Waals surface area (Å²) in [6.07, 6.45) is -1.91. The lowest BCUT2D eigenvalue weighted by atomic mass is 10.3. The van der Waals surface area contributed by atoms with Gasteiger partial charge in [-0.1, -0.05) is 4.68 Å². The van der Waals surface area contributed by atoms with E-state index >= 15 is 0 Å². The molecule has 25 heavy (non-hydrogen) atoms. The average molecular weight is 387 g/mol. The summed E-state index contributed by atoms with van der Waals surface area (Å²) < 4.78 is 62.7. The van der Waals surface area contributed by atoms with Crippen LogP contribution >= 0.6 is 0 Å². The minimum atomic E-state index is -5.19. The van der Waals surface area contributed by atoms with Crippen LogP contribution in [-0.2, 0) is 21.5 Å². The SMILES string of the molecule is CN(C)C(=O)c1cc[n+](CCCS(=O)(=O)O)nc1.O=C([O-])C(F)(F)F. The molecule has 0 fully saturated rings. The smallest absolute Gasteiger partial charge is 0.430 e. The summed E-state index contributed by atoms with van der Waals surface area (Å²) in [4.78, 5) is 21.8. The quantitative estimate of drug-likeness (QED) is 0.488. The van der Waals surface area contributed by atoms with Crippen molar-refractivity contribution in [2.45, 2.75) is 19.1 Å². The average Bonchev–Trinajstić information content (AvgIpc) is 2.45. The van der Waals surface area contributed by atoms with Crippen LogP contribution in [0, 0.1) is 0 Å². The highest BCUT2D eigenvalue weighted by molar-refractivity contribution is 7.85. The van der Waals surface area contributed by atoms with Crippen LogP contribution in [0.4, 0.5) is 13.2 Å². The fraction of sp³-hybridized carbons (Fsp3) is 0.500. The van der Waals surface area contributed by atoms with Crippen LogP contribution in [0.3, 0.4) is 0 Å². The van der Waals surface area contributed by atoms with Crippen LogP contribution in [0.2, 0.25) is 0 Å². The molecule has 1 N–H and O–H groups in total. The monoisotopic (exact) mass is 387 g/mol. The lowest BCUT2D eigenvalue weighted by molar-refractivity contribution is -0.753. The van der Waals surface area contributed by atoms with Gasteiger partial charge in [0.05, 0.1) is 11.3 Å². The van der Waals surface area contributed by atoms with Gasteiger partial charge < -0.3 is 14.8 Å². The van der Waals surface area contributed by atoms with Crippen molar-refractivity contribution >= 4 is 22.0 Å². The van der Waals surface area contributed by atoms with Crippen LogP contribution in [0.25, 0.3) is 0 Å². The van der Waals surface area contributed by atoms with E-state index < -0.39 is 22.3 Å². The molecule has 1 rings (SSSR count). The third-order valence-electron chi connectivity index (χ3n) is 2.45. The van der Waals surface area contributed by atoms with Crippen molar-refractivity contribution in [2.75, 3.05) is 19.8 Å². The maximum Gasteiger partial charge on any atom is 0.430 e. The first-order valence-corrected chi connectivity index (χ1v) is 8.15. The molecule has 0 aliphatic rings. The zero-order chi connectivity index (χ0) is 19.8. The Labute approximate surface area is 141 Å². The van der Waals surface area contributed by atoms with Crippen molar-refractivity contribution in [2.24, 2.45) is 0 Å². The molecule has 0 aromatic carbocycles. The third-order valence-corrected chi connectivity index (χ3v) is 3.25. The molecule has 0 spiro atoms. The lowest BCUT2D eigenvalue weighted by Crippen LogP contribution is -2.38. The maximum absolute atomic E-state index is 11.6. The van der Waals surface area contributed by atoms with E-state index in [1.54, 1.807) is 26.4 Å². The van der Waals surface area contributed by atoms with E-state index in [0.717, 1.165) is 0 Å². The van der Waals surface area contributed by atoms with Crippen molar-refractivity contribution in [3.8, 4) is 0 Å². The van der Waals surface area contributed by atoms with Gasteiger partial charge in [-0.3, -0.25) is 9.35 Å². The Bertz CT molecular complexity index is 689. The number of aryl methyl sites for hydroxylation is 1. The van der Waals surface area contributed by atoms with Gasteiger partial charge in [-0.2, -0.15) is 21.6 Å². The van der Waals surface area contributed by atoms with Gasteiger partial charge in [-0.25, -0.2) is 0 Å². The molecule has 9 nitrogen and oxygen atoms in total. The number of carboxylic acid groups (broad SMARTS) is 1. The van der Waals surface area contributed by atoms with Gasteiger partial charge in [-0.05, 0) is 5.10 Å². The molecule has 1 aromatic heterocycles. The van der Waals surface area contributed by atoms with E-state index in [4.69, 9.17) is 14.5 Å². The topological polar surface area (TPSA) is 132 Å². The second-order valence-corrected chi connectivity index (χ2v) is 6.38. The molecule has 1 amide bonds.